The van der Waals surface area contributed by atoms with E-state index in [0.29, 0.717) is 0 Å². The summed E-state index contributed by atoms with van der Waals surface area (Å²) in [4.78, 5) is 0. The molecule has 6 atom stereocenters. The second kappa shape index (κ2) is 9.01. The van der Waals surface area contributed by atoms with Crippen molar-refractivity contribution in [2.75, 3.05) is 14.1 Å². The summed E-state index contributed by atoms with van der Waals surface area (Å²) in [7, 11) is 2.49. The van der Waals surface area contributed by atoms with Gasteiger partial charge in [0.25, 0.3) is 0 Å². The molecule has 0 N–H and O–H groups in total. The van der Waals surface area contributed by atoms with Crippen LogP contribution in [0.3, 0.4) is 0 Å². The van der Waals surface area contributed by atoms with Crippen molar-refractivity contribution >= 4 is 16.5 Å². The first kappa shape index (κ1) is 23.6. The summed E-state index contributed by atoms with van der Waals surface area (Å²) in [5.74, 6) is 3.75. The molecule has 2 aliphatic carbocycles. The molecule has 2 aliphatic rings. The summed E-state index contributed by atoms with van der Waals surface area (Å²) in [6.45, 7) is 20.1. The van der Waals surface area contributed by atoms with Crippen LogP contribution in [-0.4, -0.2) is 51.8 Å². The zero-order chi connectivity index (χ0) is 20.6. The molecule has 0 radical (unpaired) electrons. The topological polar surface area (TPSA) is 6.48 Å². The predicted molar refractivity (Wildman–Crippen MR) is 127 cm³/mol. The molecule has 0 aromatic rings. The van der Waals surface area contributed by atoms with Gasteiger partial charge in [-0.2, -0.15) is 0 Å². The molecule has 6 unspecified atom stereocenters. The van der Waals surface area contributed by atoms with Gasteiger partial charge in [0.15, 0.2) is 0 Å². The molecule has 2 rings (SSSR count). The van der Waals surface area contributed by atoms with Crippen LogP contribution >= 0.6 is 0 Å². The molecule has 2 fully saturated rings. The smallest absolute Gasteiger partial charge is 0.119 e. The van der Waals surface area contributed by atoms with E-state index in [0.717, 1.165) is 35.8 Å². The Balaban J connectivity index is 1.84. The lowest BCUT2D eigenvalue weighted by Crippen LogP contribution is -2.53. The second-order valence-corrected chi connectivity index (χ2v) is 22.3. The predicted octanol–water partition coefficient (Wildman–Crippen LogP) is 6.52. The van der Waals surface area contributed by atoms with Crippen LogP contribution in [0.4, 0.5) is 0 Å². The lowest BCUT2D eigenvalue weighted by molar-refractivity contribution is 0.113. The summed E-state index contributed by atoms with van der Waals surface area (Å²) in [6.07, 6.45) is 10.3. The number of rotatable bonds is 6. The Hall–Kier alpha value is 0.354. The number of hydrogen-bond acceptors (Lipinski definition) is 2. The molecule has 0 bridgehead atoms. The Morgan fingerprint density at radius 1 is 0.630 bits per heavy atom. The molecule has 0 aromatic heterocycles. The summed E-state index contributed by atoms with van der Waals surface area (Å²) in [5, 5.41) is 0. The van der Waals surface area contributed by atoms with E-state index < -0.39 is 16.5 Å². The van der Waals surface area contributed by atoms with E-state index in [1.807, 2.05) is 0 Å². The van der Waals surface area contributed by atoms with Crippen LogP contribution in [0.1, 0.15) is 58.8 Å². The van der Waals surface area contributed by atoms with E-state index in [4.69, 9.17) is 0 Å². The van der Waals surface area contributed by atoms with Gasteiger partial charge < -0.3 is 9.13 Å². The highest BCUT2D eigenvalue weighted by Crippen LogP contribution is 2.41. The van der Waals surface area contributed by atoms with E-state index in [9.17, 15) is 0 Å². The molecular formula is C23H50N2Si2. The van der Waals surface area contributed by atoms with E-state index in [1.54, 1.807) is 0 Å². The van der Waals surface area contributed by atoms with Gasteiger partial charge in [0, 0.05) is 12.1 Å². The Bertz CT molecular complexity index is 426. The van der Waals surface area contributed by atoms with Crippen molar-refractivity contribution in [2.45, 2.75) is 110 Å². The maximum absolute atomic E-state index is 2.79. The van der Waals surface area contributed by atoms with Crippen LogP contribution in [0.25, 0.3) is 0 Å². The summed E-state index contributed by atoms with van der Waals surface area (Å²) < 4.78 is 5.57. The van der Waals surface area contributed by atoms with Crippen LogP contribution in [0, 0.1) is 23.7 Å². The average molecular weight is 411 g/mol. The standard InChI is InChI=1S/C23H50N2Si2/c1-18-15-20(11-13-22(18)24(3)26(5,6)7)17-21-12-14-23(19(2)16-21)25(4)27(8,9)10/h18-23H,11-17H2,1-10H3. The van der Waals surface area contributed by atoms with Crippen molar-refractivity contribution in [1.29, 1.82) is 0 Å². The van der Waals surface area contributed by atoms with Crippen molar-refractivity contribution in [3.05, 3.63) is 0 Å². The van der Waals surface area contributed by atoms with E-state index in [-0.39, 0.29) is 0 Å². The van der Waals surface area contributed by atoms with Gasteiger partial charge in [-0.25, -0.2) is 0 Å². The maximum atomic E-state index is 2.79. The minimum atomic E-state index is -1.17. The Morgan fingerprint density at radius 2 is 0.963 bits per heavy atom. The van der Waals surface area contributed by atoms with E-state index in [1.165, 1.54) is 44.9 Å². The molecule has 0 aromatic carbocycles. The third-order valence-corrected chi connectivity index (χ3v) is 13.1. The molecule has 0 amide bonds. The monoisotopic (exact) mass is 410 g/mol. The van der Waals surface area contributed by atoms with Gasteiger partial charge >= 0.3 is 0 Å². The minimum absolute atomic E-state index is 0.841. The molecule has 2 saturated carbocycles. The minimum Gasteiger partial charge on any atom is -0.324 e. The Kier molecular flexibility index (Phi) is 7.89. The summed E-state index contributed by atoms with van der Waals surface area (Å²) in [6, 6.07) is 1.68. The normalized spacial score (nSPS) is 36.4. The lowest BCUT2D eigenvalue weighted by Gasteiger charge is -2.47. The first-order valence-electron chi connectivity index (χ1n) is 11.8. The van der Waals surface area contributed by atoms with Crippen LogP contribution < -0.4 is 0 Å². The molecule has 0 aliphatic heterocycles. The zero-order valence-electron chi connectivity index (χ0n) is 20.3. The van der Waals surface area contributed by atoms with Crippen LogP contribution in [-0.2, 0) is 0 Å². The third kappa shape index (κ3) is 6.16. The molecule has 27 heavy (non-hydrogen) atoms. The third-order valence-electron chi connectivity index (χ3n) is 8.24. The fraction of sp³-hybridized carbons (Fsp3) is 1.00. The highest BCUT2D eigenvalue weighted by Gasteiger charge is 2.38. The van der Waals surface area contributed by atoms with Gasteiger partial charge in [0.2, 0.25) is 0 Å². The van der Waals surface area contributed by atoms with Crippen molar-refractivity contribution in [3.63, 3.8) is 0 Å². The van der Waals surface area contributed by atoms with Crippen molar-refractivity contribution in [1.82, 2.24) is 9.13 Å². The Labute approximate surface area is 173 Å². The van der Waals surface area contributed by atoms with Crippen molar-refractivity contribution in [2.24, 2.45) is 23.7 Å². The summed E-state index contributed by atoms with van der Waals surface area (Å²) >= 11 is 0. The van der Waals surface area contributed by atoms with Gasteiger partial charge in [0.1, 0.15) is 16.5 Å². The average Bonchev–Trinajstić information content (AvgIpc) is 2.52. The molecule has 0 spiro atoms. The SMILES string of the molecule is CC1CC(CC2CCC(N(C)[Si](C)(C)C)C(C)C2)CCC1N(C)[Si](C)(C)C. The molecule has 160 valence electrons. The van der Waals surface area contributed by atoms with Gasteiger partial charge in [0.05, 0.1) is 0 Å². The molecule has 0 saturated heterocycles. The Morgan fingerprint density at radius 3 is 1.22 bits per heavy atom. The van der Waals surface area contributed by atoms with Gasteiger partial charge in [-0.05, 0) is 82.7 Å². The fourth-order valence-corrected chi connectivity index (χ4v) is 8.79. The quantitative estimate of drug-likeness (QED) is 0.460. The van der Waals surface area contributed by atoms with Gasteiger partial charge in [-0.3, -0.25) is 0 Å². The first-order valence-corrected chi connectivity index (χ1v) is 18.7. The first-order chi connectivity index (χ1) is 12.3. The lowest BCUT2D eigenvalue weighted by atomic mass is 9.70. The molecule has 4 heteroatoms. The highest BCUT2D eigenvalue weighted by molar-refractivity contribution is 6.73. The van der Waals surface area contributed by atoms with E-state index >= 15 is 0 Å². The maximum Gasteiger partial charge on any atom is 0.119 e. The van der Waals surface area contributed by atoms with Crippen LogP contribution in [0.15, 0.2) is 0 Å². The van der Waals surface area contributed by atoms with Crippen molar-refractivity contribution < 1.29 is 0 Å². The summed E-state index contributed by atoms with van der Waals surface area (Å²) in [5.41, 5.74) is 0. The van der Waals surface area contributed by atoms with Crippen LogP contribution in [0.2, 0.25) is 39.3 Å². The number of nitrogens with zero attached hydrogens (tertiary/aromatic N) is 2. The molecule has 2 nitrogen and oxygen atoms in total. The van der Waals surface area contributed by atoms with Gasteiger partial charge in [-0.15, -0.1) is 0 Å². The number of hydrogen-bond donors (Lipinski definition) is 0. The van der Waals surface area contributed by atoms with E-state index in [2.05, 4.69) is 76.4 Å². The largest absolute Gasteiger partial charge is 0.324 e. The zero-order valence-corrected chi connectivity index (χ0v) is 22.3. The van der Waals surface area contributed by atoms with Crippen molar-refractivity contribution in [3.8, 4) is 0 Å². The molecule has 0 heterocycles. The molecular weight excluding hydrogens is 360 g/mol. The highest BCUT2D eigenvalue weighted by atomic mass is 28.3. The van der Waals surface area contributed by atoms with Crippen LogP contribution in [0.5, 0.6) is 0 Å². The second-order valence-electron chi connectivity index (χ2n) is 12.2. The van der Waals surface area contributed by atoms with Gasteiger partial charge in [-0.1, -0.05) is 53.1 Å². The fourth-order valence-electron chi connectivity index (χ4n) is 6.03.